The predicted molar refractivity (Wildman–Crippen MR) is 114 cm³/mol. The lowest BCUT2D eigenvalue weighted by atomic mass is 10.1. The van der Waals surface area contributed by atoms with Crippen molar-refractivity contribution in [3.05, 3.63) is 60.4 Å². The van der Waals surface area contributed by atoms with Gasteiger partial charge in [0, 0.05) is 14.6 Å². The van der Waals surface area contributed by atoms with Gasteiger partial charge in [0.25, 0.3) is 0 Å². The van der Waals surface area contributed by atoms with Crippen LogP contribution >= 0.6 is 63.7 Å². The molecule has 0 fully saturated rings. The molecule has 4 aromatic rings. The number of hydrogen-bond acceptors (Lipinski definition) is 2. The lowest BCUT2D eigenvalue weighted by molar-refractivity contribution is 1.31. The second-order valence-electron chi connectivity index (χ2n) is 5.25. The van der Waals surface area contributed by atoms with Crippen LogP contribution in [0.5, 0.6) is 0 Å². The van der Waals surface area contributed by atoms with Crippen molar-refractivity contribution in [1.82, 2.24) is 9.97 Å². The predicted octanol–water partition coefficient (Wildman–Crippen LogP) is 7.51. The number of anilines is 2. The van der Waals surface area contributed by atoms with Crippen LogP contribution < -0.4 is 5.32 Å². The van der Waals surface area contributed by atoms with E-state index in [0.717, 1.165) is 34.6 Å². The van der Waals surface area contributed by atoms with Gasteiger partial charge in [-0.25, -0.2) is 4.98 Å². The molecule has 0 unspecified atom stereocenters. The van der Waals surface area contributed by atoms with Crippen molar-refractivity contribution in [2.24, 2.45) is 0 Å². The van der Waals surface area contributed by atoms with Crippen LogP contribution in [0.1, 0.15) is 0 Å². The molecule has 0 aliphatic rings. The Morgan fingerprint density at radius 1 is 0.792 bits per heavy atom. The van der Waals surface area contributed by atoms with Gasteiger partial charge in [0.2, 0.25) is 5.95 Å². The summed E-state index contributed by atoms with van der Waals surface area (Å²) in [4.78, 5) is 7.98. The van der Waals surface area contributed by atoms with E-state index in [-0.39, 0.29) is 0 Å². The highest BCUT2D eigenvalue weighted by atomic mass is 79.9. The summed E-state index contributed by atoms with van der Waals surface area (Å²) < 4.78 is 3.68. The van der Waals surface area contributed by atoms with Gasteiger partial charge >= 0.3 is 0 Å². The van der Waals surface area contributed by atoms with Gasteiger partial charge in [-0.3, -0.25) is 0 Å². The van der Waals surface area contributed by atoms with E-state index in [1.165, 1.54) is 10.8 Å². The fourth-order valence-corrected chi connectivity index (χ4v) is 4.85. The zero-order chi connectivity index (χ0) is 16.8. The fraction of sp³-hybridized carbons (Fsp3) is 0. The molecule has 0 atom stereocenters. The Morgan fingerprint density at radius 2 is 1.50 bits per heavy atom. The summed E-state index contributed by atoms with van der Waals surface area (Å²) in [6.45, 7) is 0. The van der Waals surface area contributed by atoms with Gasteiger partial charge in [0.15, 0.2) is 0 Å². The zero-order valence-corrected chi connectivity index (χ0v) is 18.3. The van der Waals surface area contributed by atoms with Crippen LogP contribution in [-0.4, -0.2) is 9.97 Å². The Morgan fingerprint density at radius 3 is 2.29 bits per heavy atom. The van der Waals surface area contributed by atoms with Crippen LogP contribution in [0.4, 0.5) is 11.6 Å². The van der Waals surface area contributed by atoms with Crippen molar-refractivity contribution in [2.75, 3.05) is 5.32 Å². The number of rotatable bonds is 2. The average molecular weight is 575 g/mol. The second-order valence-corrected chi connectivity index (χ2v) is 8.42. The van der Waals surface area contributed by atoms with E-state index in [1.807, 2.05) is 18.2 Å². The molecular formula is C17H9Br4N3. The summed E-state index contributed by atoms with van der Waals surface area (Å²) in [5.74, 6) is 0.687. The van der Waals surface area contributed by atoms with Crippen LogP contribution in [0.25, 0.3) is 21.8 Å². The fourth-order valence-electron chi connectivity index (χ4n) is 2.56. The van der Waals surface area contributed by atoms with Gasteiger partial charge < -0.3 is 10.3 Å². The monoisotopic (exact) mass is 571 g/mol. The molecule has 0 aliphatic heterocycles. The number of nitrogens with one attached hydrogen (secondary N) is 2. The number of imidazole rings is 1. The van der Waals surface area contributed by atoms with Crippen molar-refractivity contribution >= 4 is 97.2 Å². The van der Waals surface area contributed by atoms with Crippen LogP contribution in [0.2, 0.25) is 0 Å². The zero-order valence-electron chi connectivity index (χ0n) is 12.0. The molecule has 0 bridgehead atoms. The van der Waals surface area contributed by atoms with Gasteiger partial charge in [-0.05, 0) is 86.6 Å². The molecule has 3 aromatic carbocycles. The molecule has 0 aliphatic carbocycles. The van der Waals surface area contributed by atoms with Gasteiger partial charge in [0.1, 0.15) is 5.52 Å². The normalized spacial score (nSPS) is 11.3. The SMILES string of the molecule is Brc1c(Br)c(Br)c2[nH]c(Nc3ccc4ccccc4c3)nc2c1Br. The Balaban J connectivity index is 1.79. The summed E-state index contributed by atoms with van der Waals surface area (Å²) in [5, 5.41) is 5.74. The number of H-pyrrole nitrogens is 1. The maximum Gasteiger partial charge on any atom is 0.205 e. The highest BCUT2D eigenvalue weighted by Crippen LogP contribution is 2.43. The van der Waals surface area contributed by atoms with E-state index < -0.39 is 0 Å². The van der Waals surface area contributed by atoms with E-state index in [2.05, 4.69) is 103 Å². The summed E-state index contributed by atoms with van der Waals surface area (Å²) in [6, 6.07) is 14.5. The Bertz CT molecular complexity index is 1040. The Hall–Kier alpha value is -0.890. The molecule has 7 heteroatoms. The largest absolute Gasteiger partial charge is 0.326 e. The second kappa shape index (κ2) is 6.44. The van der Waals surface area contributed by atoms with E-state index in [4.69, 9.17) is 0 Å². The average Bonchev–Trinajstić information content (AvgIpc) is 3.02. The first-order valence-electron chi connectivity index (χ1n) is 7.02. The van der Waals surface area contributed by atoms with Gasteiger partial charge in [-0.15, -0.1) is 0 Å². The first kappa shape index (κ1) is 16.6. The number of nitrogens with zero attached hydrogens (tertiary/aromatic N) is 1. The number of fused-ring (bicyclic) bond motifs is 2. The molecule has 2 N–H and O–H groups in total. The minimum Gasteiger partial charge on any atom is -0.326 e. The topological polar surface area (TPSA) is 40.7 Å². The van der Waals surface area contributed by atoms with Crippen LogP contribution in [-0.2, 0) is 0 Å². The molecule has 0 amide bonds. The molecule has 120 valence electrons. The molecule has 1 aromatic heterocycles. The molecule has 0 saturated carbocycles. The number of aromatic amines is 1. The van der Waals surface area contributed by atoms with Crippen molar-refractivity contribution in [3.63, 3.8) is 0 Å². The molecule has 3 nitrogen and oxygen atoms in total. The highest BCUT2D eigenvalue weighted by molar-refractivity contribution is 9.15. The molecule has 1 heterocycles. The number of benzene rings is 3. The third-order valence-electron chi connectivity index (χ3n) is 3.72. The molecule has 0 radical (unpaired) electrons. The number of hydrogen-bond donors (Lipinski definition) is 2. The molecule has 0 saturated heterocycles. The highest BCUT2D eigenvalue weighted by Gasteiger charge is 2.17. The third-order valence-corrected chi connectivity index (χ3v) is 8.47. The van der Waals surface area contributed by atoms with Crippen LogP contribution in [0.3, 0.4) is 0 Å². The van der Waals surface area contributed by atoms with E-state index in [0.29, 0.717) is 5.95 Å². The Kier molecular flexibility index (Phi) is 4.45. The van der Waals surface area contributed by atoms with Gasteiger partial charge in [-0.1, -0.05) is 30.3 Å². The van der Waals surface area contributed by atoms with Crippen LogP contribution in [0, 0.1) is 0 Å². The van der Waals surface area contributed by atoms with E-state index in [1.54, 1.807) is 0 Å². The molecule has 4 rings (SSSR count). The lowest BCUT2D eigenvalue weighted by Crippen LogP contribution is -1.91. The summed E-state index contributed by atoms with van der Waals surface area (Å²) >= 11 is 14.3. The lowest BCUT2D eigenvalue weighted by Gasteiger charge is -2.04. The number of aromatic nitrogens is 2. The first-order chi connectivity index (χ1) is 11.5. The van der Waals surface area contributed by atoms with Crippen molar-refractivity contribution < 1.29 is 0 Å². The van der Waals surface area contributed by atoms with Crippen LogP contribution in [0.15, 0.2) is 60.4 Å². The molecule has 24 heavy (non-hydrogen) atoms. The van der Waals surface area contributed by atoms with Crippen molar-refractivity contribution in [3.8, 4) is 0 Å². The van der Waals surface area contributed by atoms with Crippen molar-refractivity contribution in [1.29, 1.82) is 0 Å². The molecule has 0 spiro atoms. The van der Waals surface area contributed by atoms with E-state index in [9.17, 15) is 0 Å². The Labute approximate surface area is 171 Å². The summed E-state index contributed by atoms with van der Waals surface area (Å²) in [6.07, 6.45) is 0. The minimum atomic E-state index is 0.687. The van der Waals surface area contributed by atoms with Gasteiger partial charge in [0.05, 0.1) is 14.5 Å². The maximum absolute atomic E-state index is 4.66. The quantitative estimate of drug-likeness (QED) is 0.192. The van der Waals surface area contributed by atoms with E-state index >= 15 is 0 Å². The first-order valence-corrected chi connectivity index (χ1v) is 10.2. The number of halogens is 4. The summed E-state index contributed by atoms with van der Waals surface area (Å²) in [5.41, 5.74) is 2.75. The minimum absolute atomic E-state index is 0.687. The van der Waals surface area contributed by atoms with Gasteiger partial charge in [-0.2, -0.15) is 0 Å². The maximum atomic E-state index is 4.66. The molecular weight excluding hydrogens is 566 g/mol. The van der Waals surface area contributed by atoms with Crippen molar-refractivity contribution in [2.45, 2.75) is 0 Å². The third kappa shape index (κ3) is 2.81. The smallest absolute Gasteiger partial charge is 0.205 e. The standard InChI is InChI=1S/C17H9Br4N3/c18-11-12(19)14(21)16-15(13(11)20)23-17(24-16)22-10-6-5-8-3-1-2-4-9(8)7-10/h1-7H,(H2,22,23,24). The summed E-state index contributed by atoms with van der Waals surface area (Å²) in [7, 11) is 0.